The second-order valence-corrected chi connectivity index (χ2v) is 4.36. The molecule has 0 aliphatic heterocycles. The molecule has 0 amide bonds. The fourth-order valence-electron chi connectivity index (χ4n) is 2.13. The fraction of sp³-hybridized carbons (Fsp3) is 0.429. The molecule has 1 aliphatic rings. The van der Waals surface area contributed by atoms with Gasteiger partial charge in [0.05, 0.1) is 0 Å². The molecular weight excluding hydrogens is 168 g/mol. The van der Waals surface area contributed by atoms with Gasteiger partial charge in [-0.2, -0.15) is 0 Å². The highest BCUT2D eigenvalue weighted by Crippen LogP contribution is 2.42. The Morgan fingerprint density at radius 2 is 2.14 bits per heavy atom. The largest absolute Gasteiger partial charge is 0.102 e. The summed E-state index contributed by atoms with van der Waals surface area (Å²) < 4.78 is 0. The van der Waals surface area contributed by atoms with Gasteiger partial charge in [0.2, 0.25) is 0 Å². The van der Waals surface area contributed by atoms with Crippen LogP contribution in [0.15, 0.2) is 30.9 Å². The number of hydrogen-bond donors (Lipinski definition) is 0. The van der Waals surface area contributed by atoms with Crippen LogP contribution in [0.3, 0.4) is 0 Å². The van der Waals surface area contributed by atoms with E-state index < -0.39 is 0 Å². The molecule has 0 nitrogen and oxygen atoms in total. The van der Waals surface area contributed by atoms with Gasteiger partial charge >= 0.3 is 0 Å². The normalized spacial score (nSPS) is 17.9. The summed E-state index contributed by atoms with van der Waals surface area (Å²) in [6, 6.07) is 6.70. The minimum Gasteiger partial charge on any atom is -0.102 e. The summed E-state index contributed by atoms with van der Waals surface area (Å²) in [6.45, 7) is 8.34. The highest BCUT2D eigenvalue weighted by Gasteiger charge is 2.25. The van der Waals surface area contributed by atoms with Crippen molar-refractivity contribution in [2.24, 2.45) is 0 Å². The van der Waals surface area contributed by atoms with Crippen molar-refractivity contribution in [1.82, 2.24) is 0 Å². The number of rotatable bonds is 3. The van der Waals surface area contributed by atoms with Crippen LogP contribution in [0.4, 0.5) is 0 Å². The second kappa shape index (κ2) is 3.61. The predicted molar refractivity (Wildman–Crippen MR) is 61.8 cm³/mol. The van der Waals surface area contributed by atoms with Crippen LogP contribution >= 0.6 is 0 Å². The van der Waals surface area contributed by atoms with Crippen LogP contribution in [0, 0.1) is 6.92 Å². The van der Waals surface area contributed by atoms with Gasteiger partial charge in [-0.05, 0) is 48.3 Å². The molecule has 1 unspecified atom stereocenters. The van der Waals surface area contributed by atoms with Crippen molar-refractivity contribution < 1.29 is 0 Å². The standard InChI is InChI=1S/C14H18/c1-4-10(2)13-6-5-7-14(11(13)3)12-8-9-12/h4-7,10,12H,1,8-9H2,2-3H3. The van der Waals surface area contributed by atoms with Crippen LogP contribution in [-0.2, 0) is 0 Å². The van der Waals surface area contributed by atoms with Crippen LogP contribution in [0.1, 0.15) is 48.3 Å². The van der Waals surface area contributed by atoms with Gasteiger partial charge in [-0.1, -0.05) is 31.2 Å². The van der Waals surface area contributed by atoms with Crippen LogP contribution in [-0.4, -0.2) is 0 Å². The Balaban J connectivity index is 2.40. The van der Waals surface area contributed by atoms with Gasteiger partial charge in [-0.25, -0.2) is 0 Å². The monoisotopic (exact) mass is 186 g/mol. The van der Waals surface area contributed by atoms with Crippen molar-refractivity contribution in [2.45, 2.75) is 38.5 Å². The molecule has 0 heterocycles. The number of allylic oxidation sites excluding steroid dienone is 1. The van der Waals surface area contributed by atoms with Gasteiger partial charge in [-0.3, -0.25) is 0 Å². The van der Waals surface area contributed by atoms with Crippen molar-refractivity contribution in [2.75, 3.05) is 0 Å². The first-order chi connectivity index (χ1) is 6.74. The van der Waals surface area contributed by atoms with Gasteiger partial charge in [0.15, 0.2) is 0 Å². The lowest BCUT2D eigenvalue weighted by atomic mass is 9.91. The van der Waals surface area contributed by atoms with Crippen LogP contribution in [0.5, 0.6) is 0 Å². The summed E-state index contributed by atoms with van der Waals surface area (Å²) in [5.74, 6) is 1.33. The Morgan fingerprint density at radius 3 is 2.71 bits per heavy atom. The van der Waals surface area contributed by atoms with Crippen molar-refractivity contribution in [3.8, 4) is 0 Å². The highest BCUT2D eigenvalue weighted by atomic mass is 14.3. The maximum atomic E-state index is 3.87. The van der Waals surface area contributed by atoms with Crippen molar-refractivity contribution >= 4 is 0 Å². The SMILES string of the molecule is C=CC(C)c1cccc(C2CC2)c1C. The van der Waals surface area contributed by atoms with Crippen LogP contribution in [0.25, 0.3) is 0 Å². The predicted octanol–water partition coefficient (Wildman–Crippen LogP) is 4.16. The molecule has 1 fully saturated rings. The molecule has 0 aromatic heterocycles. The maximum absolute atomic E-state index is 3.87. The Hall–Kier alpha value is -1.04. The van der Waals surface area contributed by atoms with E-state index in [1.807, 2.05) is 6.08 Å². The molecule has 0 radical (unpaired) electrons. The Labute approximate surface area is 86.7 Å². The fourth-order valence-corrected chi connectivity index (χ4v) is 2.13. The highest BCUT2D eigenvalue weighted by molar-refractivity contribution is 5.41. The number of hydrogen-bond acceptors (Lipinski definition) is 0. The van der Waals surface area contributed by atoms with E-state index in [9.17, 15) is 0 Å². The van der Waals surface area contributed by atoms with Gasteiger partial charge in [0.1, 0.15) is 0 Å². The van der Waals surface area contributed by atoms with Gasteiger partial charge in [-0.15, -0.1) is 6.58 Å². The Morgan fingerprint density at radius 1 is 1.43 bits per heavy atom. The Bertz CT molecular complexity index is 345. The van der Waals surface area contributed by atoms with E-state index in [2.05, 4.69) is 38.6 Å². The first-order valence-electron chi connectivity index (χ1n) is 5.46. The summed E-state index contributed by atoms with van der Waals surface area (Å²) in [5, 5.41) is 0. The van der Waals surface area contributed by atoms with E-state index in [-0.39, 0.29) is 0 Å². The lowest BCUT2D eigenvalue weighted by Gasteiger charge is -2.13. The summed E-state index contributed by atoms with van der Waals surface area (Å²) in [4.78, 5) is 0. The summed E-state index contributed by atoms with van der Waals surface area (Å²) >= 11 is 0. The average molecular weight is 186 g/mol. The molecule has 0 N–H and O–H groups in total. The Kier molecular flexibility index (Phi) is 2.45. The van der Waals surface area contributed by atoms with E-state index in [0.29, 0.717) is 5.92 Å². The van der Waals surface area contributed by atoms with Crippen molar-refractivity contribution in [3.63, 3.8) is 0 Å². The molecule has 1 aliphatic carbocycles. The first kappa shape index (κ1) is 9.51. The van der Waals surface area contributed by atoms with Crippen molar-refractivity contribution in [3.05, 3.63) is 47.5 Å². The first-order valence-corrected chi connectivity index (χ1v) is 5.46. The smallest absolute Gasteiger partial charge is 0.00104 e. The van der Waals surface area contributed by atoms with E-state index in [1.165, 1.54) is 24.0 Å². The maximum Gasteiger partial charge on any atom is -0.00104 e. The molecule has 1 aromatic carbocycles. The lowest BCUT2D eigenvalue weighted by Crippen LogP contribution is -1.96. The minimum atomic E-state index is 0.480. The van der Waals surface area contributed by atoms with Gasteiger partial charge in [0, 0.05) is 0 Å². The van der Waals surface area contributed by atoms with Crippen LogP contribution in [0.2, 0.25) is 0 Å². The molecule has 0 bridgehead atoms. The third-order valence-electron chi connectivity index (χ3n) is 3.28. The molecule has 74 valence electrons. The summed E-state index contributed by atoms with van der Waals surface area (Å²) in [6.07, 6.45) is 4.79. The molecular formula is C14H18. The van der Waals surface area contributed by atoms with E-state index in [1.54, 1.807) is 5.56 Å². The van der Waals surface area contributed by atoms with Crippen molar-refractivity contribution in [1.29, 1.82) is 0 Å². The molecule has 1 saturated carbocycles. The molecule has 1 atom stereocenters. The zero-order valence-electron chi connectivity index (χ0n) is 9.09. The second-order valence-electron chi connectivity index (χ2n) is 4.36. The third kappa shape index (κ3) is 1.61. The zero-order chi connectivity index (χ0) is 10.1. The van der Waals surface area contributed by atoms with E-state index in [4.69, 9.17) is 0 Å². The lowest BCUT2D eigenvalue weighted by molar-refractivity contribution is 0.938. The van der Waals surface area contributed by atoms with E-state index in [0.717, 1.165) is 5.92 Å². The van der Waals surface area contributed by atoms with Crippen LogP contribution < -0.4 is 0 Å². The average Bonchev–Trinajstić information content (AvgIpc) is 3.01. The summed E-state index contributed by atoms with van der Waals surface area (Å²) in [7, 11) is 0. The molecule has 14 heavy (non-hydrogen) atoms. The topological polar surface area (TPSA) is 0 Å². The molecule has 1 aromatic rings. The quantitative estimate of drug-likeness (QED) is 0.622. The molecule has 2 rings (SSSR count). The minimum absolute atomic E-state index is 0.480. The number of benzene rings is 1. The molecule has 0 spiro atoms. The molecule has 0 heteroatoms. The van der Waals surface area contributed by atoms with E-state index >= 15 is 0 Å². The van der Waals surface area contributed by atoms with Gasteiger partial charge in [0.25, 0.3) is 0 Å². The molecule has 0 saturated heterocycles. The zero-order valence-corrected chi connectivity index (χ0v) is 9.09. The van der Waals surface area contributed by atoms with Gasteiger partial charge < -0.3 is 0 Å². The summed E-state index contributed by atoms with van der Waals surface area (Å²) in [5.41, 5.74) is 4.50. The third-order valence-corrected chi connectivity index (χ3v) is 3.28.